The Kier molecular flexibility index (Phi) is 6.50. The minimum atomic E-state index is -0.421. The molecule has 0 aliphatic heterocycles. The van der Waals surface area contributed by atoms with Gasteiger partial charge in [0.05, 0.1) is 18.6 Å². The van der Waals surface area contributed by atoms with Crippen molar-refractivity contribution >= 4 is 5.91 Å². The average Bonchev–Trinajstić information content (AvgIpc) is 2.61. The Morgan fingerprint density at radius 1 is 1.21 bits per heavy atom. The van der Waals surface area contributed by atoms with Crippen LogP contribution in [0.15, 0.2) is 48.5 Å². The average molecular weight is 329 g/mol. The first-order valence-corrected chi connectivity index (χ1v) is 8.21. The Balaban J connectivity index is 2.14. The Hall–Kier alpha value is -2.20. The molecular formula is C20H24FNO2. The smallest absolute Gasteiger partial charge is 0.227 e. The molecule has 2 aromatic rings. The van der Waals surface area contributed by atoms with Crippen molar-refractivity contribution in [3.63, 3.8) is 0 Å². The van der Waals surface area contributed by atoms with Crippen molar-refractivity contribution in [3.8, 4) is 11.1 Å². The summed E-state index contributed by atoms with van der Waals surface area (Å²) in [5.41, 5.74) is 2.03. The van der Waals surface area contributed by atoms with E-state index >= 15 is 0 Å². The van der Waals surface area contributed by atoms with E-state index in [0.717, 1.165) is 12.0 Å². The summed E-state index contributed by atoms with van der Waals surface area (Å²) < 4.78 is 19.5. The predicted molar refractivity (Wildman–Crippen MR) is 94.3 cm³/mol. The number of hydrogen-bond donors (Lipinski definition) is 1. The molecule has 2 rings (SSSR count). The highest BCUT2D eigenvalue weighted by Crippen LogP contribution is 2.26. The van der Waals surface area contributed by atoms with Crippen LogP contribution in [0.2, 0.25) is 0 Å². The molecule has 0 fully saturated rings. The highest BCUT2D eigenvalue weighted by Gasteiger charge is 2.19. The van der Waals surface area contributed by atoms with Crippen LogP contribution in [0.4, 0.5) is 4.39 Å². The summed E-state index contributed by atoms with van der Waals surface area (Å²) in [6, 6.07) is 14.3. The number of amides is 1. The lowest BCUT2D eigenvalue weighted by Gasteiger charge is -2.19. The Morgan fingerprint density at radius 2 is 1.92 bits per heavy atom. The maximum absolute atomic E-state index is 14.5. The van der Waals surface area contributed by atoms with Crippen LogP contribution < -0.4 is 5.32 Å². The van der Waals surface area contributed by atoms with Crippen LogP contribution in [0, 0.1) is 5.82 Å². The second-order valence-electron chi connectivity index (χ2n) is 5.90. The van der Waals surface area contributed by atoms with E-state index in [9.17, 15) is 9.18 Å². The summed E-state index contributed by atoms with van der Waals surface area (Å²) in [5.74, 6) is -0.858. The number of methoxy groups -OCH3 is 1. The first-order chi connectivity index (χ1) is 11.6. The molecule has 2 atom stereocenters. The van der Waals surface area contributed by atoms with E-state index < -0.39 is 5.92 Å². The largest absolute Gasteiger partial charge is 0.383 e. The summed E-state index contributed by atoms with van der Waals surface area (Å²) in [7, 11) is 1.61. The van der Waals surface area contributed by atoms with Crippen molar-refractivity contribution in [2.45, 2.75) is 32.2 Å². The van der Waals surface area contributed by atoms with Gasteiger partial charge in [-0.05, 0) is 30.5 Å². The summed E-state index contributed by atoms with van der Waals surface area (Å²) in [4.78, 5) is 12.4. The fourth-order valence-electron chi connectivity index (χ4n) is 2.59. The van der Waals surface area contributed by atoms with E-state index in [1.165, 1.54) is 6.07 Å². The SMILES string of the molecule is CCC(COC)NC(=O)C(C)c1ccc(-c2ccccc2)c(F)c1. The first kappa shape index (κ1) is 18.1. The van der Waals surface area contributed by atoms with Crippen molar-refractivity contribution in [3.05, 3.63) is 59.9 Å². The monoisotopic (exact) mass is 329 g/mol. The van der Waals surface area contributed by atoms with Gasteiger partial charge in [0.25, 0.3) is 0 Å². The van der Waals surface area contributed by atoms with E-state index in [-0.39, 0.29) is 17.8 Å². The number of benzene rings is 2. The molecule has 0 aromatic heterocycles. The summed E-state index contributed by atoms with van der Waals surface area (Å²) >= 11 is 0. The van der Waals surface area contributed by atoms with Gasteiger partial charge in [0, 0.05) is 12.7 Å². The second-order valence-corrected chi connectivity index (χ2v) is 5.90. The quantitative estimate of drug-likeness (QED) is 0.829. The normalized spacial score (nSPS) is 13.3. The third-order valence-electron chi connectivity index (χ3n) is 4.18. The minimum Gasteiger partial charge on any atom is -0.383 e. The molecule has 1 amide bonds. The van der Waals surface area contributed by atoms with Crippen molar-refractivity contribution in [1.82, 2.24) is 5.32 Å². The number of halogens is 1. The molecule has 128 valence electrons. The summed E-state index contributed by atoms with van der Waals surface area (Å²) in [6.07, 6.45) is 0.785. The van der Waals surface area contributed by atoms with Gasteiger partial charge in [0.2, 0.25) is 5.91 Å². The van der Waals surface area contributed by atoms with Crippen molar-refractivity contribution in [1.29, 1.82) is 0 Å². The van der Waals surface area contributed by atoms with E-state index in [0.29, 0.717) is 17.7 Å². The lowest BCUT2D eigenvalue weighted by atomic mass is 9.96. The molecule has 0 aliphatic carbocycles. The van der Waals surface area contributed by atoms with E-state index in [4.69, 9.17) is 4.74 Å². The number of hydrogen-bond acceptors (Lipinski definition) is 2. The Bertz CT molecular complexity index is 673. The Labute approximate surface area is 142 Å². The topological polar surface area (TPSA) is 38.3 Å². The molecule has 0 radical (unpaired) electrons. The van der Waals surface area contributed by atoms with Crippen molar-refractivity contribution in [2.75, 3.05) is 13.7 Å². The molecule has 0 bridgehead atoms. The predicted octanol–water partition coefficient (Wildman–Crippen LogP) is 4.14. The number of nitrogens with one attached hydrogen (secondary N) is 1. The lowest BCUT2D eigenvalue weighted by Crippen LogP contribution is -2.39. The first-order valence-electron chi connectivity index (χ1n) is 8.21. The van der Waals surface area contributed by atoms with Crippen molar-refractivity contribution in [2.24, 2.45) is 0 Å². The third kappa shape index (κ3) is 4.42. The molecule has 3 nitrogen and oxygen atoms in total. The number of carbonyl (C=O) groups is 1. The van der Waals surface area contributed by atoms with Gasteiger partial charge in [-0.15, -0.1) is 0 Å². The van der Waals surface area contributed by atoms with Crippen LogP contribution in [0.3, 0.4) is 0 Å². The van der Waals surface area contributed by atoms with Gasteiger partial charge < -0.3 is 10.1 Å². The molecule has 0 saturated carbocycles. The van der Waals surface area contributed by atoms with E-state index in [1.54, 1.807) is 20.1 Å². The minimum absolute atomic E-state index is 0.0293. The summed E-state index contributed by atoms with van der Waals surface area (Å²) in [5, 5.41) is 2.95. The molecule has 1 N–H and O–H groups in total. The van der Waals surface area contributed by atoms with Crippen LogP contribution >= 0.6 is 0 Å². The van der Waals surface area contributed by atoms with Gasteiger partial charge in [0.15, 0.2) is 0 Å². The highest BCUT2D eigenvalue weighted by molar-refractivity contribution is 5.83. The fraction of sp³-hybridized carbons (Fsp3) is 0.350. The van der Waals surface area contributed by atoms with E-state index in [1.807, 2.05) is 43.3 Å². The molecule has 4 heteroatoms. The zero-order valence-electron chi connectivity index (χ0n) is 14.4. The molecule has 24 heavy (non-hydrogen) atoms. The van der Waals surface area contributed by atoms with Crippen LogP contribution in [0.5, 0.6) is 0 Å². The van der Waals surface area contributed by atoms with Gasteiger partial charge in [-0.2, -0.15) is 0 Å². The maximum atomic E-state index is 14.5. The molecular weight excluding hydrogens is 305 g/mol. The van der Waals surface area contributed by atoms with Crippen molar-refractivity contribution < 1.29 is 13.9 Å². The highest BCUT2D eigenvalue weighted by atomic mass is 19.1. The maximum Gasteiger partial charge on any atom is 0.227 e. The fourth-order valence-corrected chi connectivity index (χ4v) is 2.59. The molecule has 0 aliphatic rings. The van der Waals surface area contributed by atoms with Crippen LogP contribution in [0.25, 0.3) is 11.1 Å². The third-order valence-corrected chi connectivity index (χ3v) is 4.18. The molecule has 2 unspecified atom stereocenters. The standard InChI is InChI=1S/C20H24FNO2/c1-4-17(13-24-3)22-20(23)14(2)16-10-11-18(19(21)12-16)15-8-6-5-7-9-15/h5-12,14,17H,4,13H2,1-3H3,(H,22,23). The summed E-state index contributed by atoms with van der Waals surface area (Å²) in [6.45, 7) is 4.24. The zero-order valence-corrected chi connectivity index (χ0v) is 14.4. The Morgan fingerprint density at radius 3 is 2.50 bits per heavy atom. The number of ether oxygens (including phenoxy) is 1. The number of rotatable bonds is 7. The van der Waals surface area contributed by atoms with Crippen LogP contribution in [0.1, 0.15) is 31.7 Å². The van der Waals surface area contributed by atoms with Gasteiger partial charge in [0.1, 0.15) is 5.82 Å². The van der Waals surface area contributed by atoms with Gasteiger partial charge in [-0.25, -0.2) is 4.39 Å². The second kappa shape index (κ2) is 8.60. The molecule has 0 saturated heterocycles. The van der Waals surface area contributed by atoms with Gasteiger partial charge in [-0.1, -0.05) is 49.4 Å². The van der Waals surface area contributed by atoms with Crippen LogP contribution in [-0.4, -0.2) is 25.7 Å². The number of carbonyl (C=O) groups excluding carboxylic acids is 1. The molecule has 2 aromatic carbocycles. The molecule has 0 heterocycles. The van der Waals surface area contributed by atoms with Gasteiger partial charge >= 0.3 is 0 Å². The lowest BCUT2D eigenvalue weighted by molar-refractivity contribution is -0.123. The molecule has 0 spiro atoms. The van der Waals surface area contributed by atoms with Gasteiger partial charge in [-0.3, -0.25) is 4.79 Å². The zero-order chi connectivity index (χ0) is 17.5. The van der Waals surface area contributed by atoms with Crippen LogP contribution in [-0.2, 0) is 9.53 Å². The van der Waals surface area contributed by atoms with E-state index in [2.05, 4.69) is 5.32 Å².